The van der Waals surface area contributed by atoms with Crippen molar-refractivity contribution in [3.63, 3.8) is 0 Å². The Morgan fingerprint density at radius 2 is 1.12 bits per heavy atom. The maximum absolute atomic E-state index is 12.3. The molecule has 198 valence electrons. The molecule has 0 rings (SSSR count). The van der Waals surface area contributed by atoms with Crippen LogP contribution in [0.3, 0.4) is 0 Å². The van der Waals surface area contributed by atoms with Crippen molar-refractivity contribution in [1.29, 1.82) is 0 Å². The Kier molecular flexibility index (Phi) is 19.2. The topological polar surface area (TPSA) is 108 Å². The van der Waals surface area contributed by atoms with Crippen molar-refractivity contribution in [1.82, 2.24) is 5.32 Å². The Balaban J connectivity index is 4.27. The van der Waals surface area contributed by atoms with Gasteiger partial charge in [0.25, 0.3) is 0 Å². The van der Waals surface area contributed by atoms with E-state index in [0.29, 0.717) is 31.0 Å². The van der Waals surface area contributed by atoms with Gasteiger partial charge >= 0.3 is 0 Å². The fraction of sp³-hybridized carbons (Fsp3) is 0.840. The van der Waals surface area contributed by atoms with E-state index in [-0.39, 0.29) is 86.5 Å². The van der Waals surface area contributed by atoms with Crippen LogP contribution in [0.25, 0.3) is 0 Å². The van der Waals surface area contributed by atoms with Crippen molar-refractivity contribution in [2.24, 2.45) is 17.8 Å². The average molecular weight is 504 g/mol. The van der Waals surface area contributed by atoms with Crippen molar-refractivity contribution in [3.05, 3.63) is 0 Å². The van der Waals surface area contributed by atoms with E-state index in [0.717, 1.165) is 0 Å². The Morgan fingerprint density at radius 3 is 1.59 bits per heavy atom. The summed E-state index contributed by atoms with van der Waals surface area (Å²) in [5.74, 6) is 1.47. The van der Waals surface area contributed by atoms with Gasteiger partial charge in [-0.05, 0) is 0 Å². The van der Waals surface area contributed by atoms with Gasteiger partial charge in [-0.3, -0.25) is 19.2 Å². The van der Waals surface area contributed by atoms with Crippen molar-refractivity contribution in [3.8, 4) is 0 Å². The lowest BCUT2D eigenvalue weighted by Crippen LogP contribution is -2.42. The summed E-state index contributed by atoms with van der Waals surface area (Å²) in [4.78, 5) is 47.3. The number of carbonyl (C=O) groups excluding carboxylic acids is 4. The van der Waals surface area contributed by atoms with Crippen LogP contribution in [0.15, 0.2) is 0 Å². The molecular formula is C25H45NO7S. The van der Waals surface area contributed by atoms with E-state index in [1.165, 1.54) is 11.8 Å². The van der Waals surface area contributed by atoms with Gasteiger partial charge in [0, 0.05) is 42.8 Å². The molecule has 1 N–H and O–H groups in total. The molecule has 0 aromatic rings. The summed E-state index contributed by atoms with van der Waals surface area (Å²) in [6.07, 6.45) is 0.858. The van der Waals surface area contributed by atoms with Crippen LogP contribution in [-0.2, 0) is 33.4 Å². The number of hydrogen-bond donors (Lipinski definition) is 1. The van der Waals surface area contributed by atoms with Gasteiger partial charge in [0.2, 0.25) is 5.91 Å². The van der Waals surface area contributed by atoms with Crippen LogP contribution in [0.5, 0.6) is 0 Å². The second-order valence-corrected chi connectivity index (χ2v) is 10.3. The zero-order chi connectivity index (χ0) is 25.9. The molecule has 0 aromatic carbocycles. The number of ether oxygens (including phenoxy) is 3. The third kappa shape index (κ3) is 18.1. The highest BCUT2D eigenvalue weighted by atomic mass is 32.2. The average Bonchev–Trinajstić information content (AvgIpc) is 2.77. The highest BCUT2D eigenvalue weighted by Crippen LogP contribution is 2.05. The Labute approximate surface area is 209 Å². The highest BCUT2D eigenvalue weighted by molar-refractivity contribution is 7.99. The molecule has 0 aliphatic carbocycles. The predicted molar refractivity (Wildman–Crippen MR) is 135 cm³/mol. The first kappa shape index (κ1) is 32.7. The highest BCUT2D eigenvalue weighted by Gasteiger charge is 2.15. The summed E-state index contributed by atoms with van der Waals surface area (Å²) in [6, 6.07) is -0.381. The van der Waals surface area contributed by atoms with Crippen molar-refractivity contribution in [2.75, 3.05) is 51.1 Å². The molecule has 0 spiro atoms. The number of rotatable bonds is 22. The third-order valence-electron chi connectivity index (χ3n) is 5.01. The Morgan fingerprint density at radius 1 is 0.647 bits per heavy atom. The third-order valence-corrected chi connectivity index (χ3v) is 5.95. The van der Waals surface area contributed by atoms with Crippen LogP contribution in [0.2, 0.25) is 0 Å². The molecular weight excluding hydrogens is 458 g/mol. The van der Waals surface area contributed by atoms with Gasteiger partial charge in [-0.25, -0.2) is 0 Å². The largest absolute Gasteiger partial charge is 0.380 e. The van der Waals surface area contributed by atoms with Gasteiger partial charge in [0.1, 0.15) is 17.3 Å². The number of ketones is 3. The standard InChI is InChI=1S/C25H45NO7S/c1-18(2)22(27)7-10-32-15-21(16-33-11-8-23(28)19(3)4)26-25(30)9-12-31-13-14-34-17-24(29)20(5)6/h18-21H,7-17H2,1-6H3,(H,26,30). The van der Waals surface area contributed by atoms with Crippen LogP contribution >= 0.6 is 11.8 Å². The van der Waals surface area contributed by atoms with Crippen LogP contribution in [-0.4, -0.2) is 80.4 Å². The van der Waals surface area contributed by atoms with Crippen LogP contribution in [0, 0.1) is 17.8 Å². The molecule has 0 heterocycles. The molecule has 0 fully saturated rings. The van der Waals surface area contributed by atoms with Gasteiger partial charge in [0.15, 0.2) is 0 Å². The molecule has 0 saturated carbocycles. The first-order valence-corrected chi connectivity index (χ1v) is 13.4. The summed E-state index contributed by atoms with van der Waals surface area (Å²) in [5, 5.41) is 2.88. The Bertz CT molecular complexity index is 580. The lowest BCUT2D eigenvalue weighted by molar-refractivity contribution is -0.126. The molecule has 0 aliphatic heterocycles. The van der Waals surface area contributed by atoms with E-state index < -0.39 is 0 Å². The minimum atomic E-state index is -0.381. The molecule has 0 saturated heterocycles. The minimum Gasteiger partial charge on any atom is -0.380 e. The molecule has 0 atom stereocenters. The molecule has 0 radical (unpaired) electrons. The van der Waals surface area contributed by atoms with E-state index in [1.807, 2.05) is 41.5 Å². The number of thioether (sulfide) groups is 1. The van der Waals surface area contributed by atoms with E-state index in [1.54, 1.807) is 0 Å². The summed E-state index contributed by atoms with van der Waals surface area (Å²) < 4.78 is 16.7. The molecule has 1 amide bonds. The molecule has 0 bridgehead atoms. The lowest BCUT2D eigenvalue weighted by atomic mass is 10.1. The smallest absolute Gasteiger partial charge is 0.222 e. The Hall–Kier alpha value is -1.29. The van der Waals surface area contributed by atoms with Crippen LogP contribution < -0.4 is 5.32 Å². The molecule has 0 unspecified atom stereocenters. The van der Waals surface area contributed by atoms with E-state index in [4.69, 9.17) is 14.2 Å². The van der Waals surface area contributed by atoms with Crippen LogP contribution in [0.4, 0.5) is 0 Å². The minimum absolute atomic E-state index is 0.0324. The van der Waals surface area contributed by atoms with Gasteiger partial charge in [-0.1, -0.05) is 41.5 Å². The first-order chi connectivity index (χ1) is 16.0. The predicted octanol–water partition coefficient (Wildman–Crippen LogP) is 3.10. The second kappa shape index (κ2) is 20.0. The normalized spacial score (nSPS) is 11.6. The zero-order valence-corrected chi connectivity index (χ0v) is 22.7. The van der Waals surface area contributed by atoms with Gasteiger partial charge in [-0.15, -0.1) is 0 Å². The molecule has 34 heavy (non-hydrogen) atoms. The van der Waals surface area contributed by atoms with E-state index in [2.05, 4.69) is 5.32 Å². The number of carbonyl (C=O) groups is 4. The summed E-state index contributed by atoms with van der Waals surface area (Å²) in [6.45, 7) is 12.9. The maximum Gasteiger partial charge on any atom is 0.222 e. The van der Waals surface area contributed by atoms with Crippen molar-refractivity contribution < 1.29 is 33.4 Å². The molecule has 0 aromatic heterocycles. The number of hydrogen-bond acceptors (Lipinski definition) is 8. The summed E-state index contributed by atoms with van der Waals surface area (Å²) in [5.41, 5.74) is 0. The maximum atomic E-state index is 12.3. The summed E-state index contributed by atoms with van der Waals surface area (Å²) in [7, 11) is 0. The second-order valence-electron chi connectivity index (χ2n) is 9.19. The van der Waals surface area contributed by atoms with Gasteiger partial charge in [0.05, 0.1) is 51.4 Å². The van der Waals surface area contributed by atoms with Crippen molar-refractivity contribution >= 4 is 35.0 Å². The molecule has 8 nitrogen and oxygen atoms in total. The lowest BCUT2D eigenvalue weighted by Gasteiger charge is -2.19. The molecule has 0 aliphatic rings. The first-order valence-electron chi connectivity index (χ1n) is 12.2. The fourth-order valence-electron chi connectivity index (χ4n) is 2.53. The fourth-order valence-corrected chi connectivity index (χ4v) is 3.44. The van der Waals surface area contributed by atoms with Gasteiger partial charge in [-0.2, -0.15) is 11.8 Å². The van der Waals surface area contributed by atoms with Crippen LogP contribution in [0.1, 0.15) is 60.8 Å². The van der Waals surface area contributed by atoms with E-state index in [9.17, 15) is 19.2 Å². The number of Topliss-reactive ketones (excluding diaryl/α,β-unsaturated/α-hetero) is 3. The number of nitrogens with one attached hydrogen (secondary N) is 1. The summed E-state index contributed by atoms with van der Waals surface area (Å²) >= 11 is 1.53. The van der Waals surface area contributed by atoms with Crippen molar-refractivity contribution in [2.45, 2.75) is 66.8 Å². The van der Waals surface area contributed by atoms with Gasteiger partial charge < -0.3 is 19.5 Å². The number of amides is 1. The monoisotopic (exact) mass is 503 g/mol. The molecule has 9 heteroatoms. The van der Waals surface area contributed by atoms with E-state index >= 15 is 0 Å². The SMILES string of the molecule is CC(C)C(=O)CCOCC(COCCC(=O)C(C)C)NC(=O)CCOCCSCC(=O)C(C)C. The quantitative estimate of drug-likeness (QED) is 0.225. The zero-order valence-electron chi connectivity index (χ0n) is 21.9.